The average molecular weight is 356 g/mol. The van der Waals surface area contributed by atoms with Gasteiger partial charge < -0.3 is 10.0 Å². The van der Waals surface area contributed by atoms with E-state index in [4.69, 9.17) is 0 Å². The summed E-state index contributed by atoms with van der Waals surface area (Å²) in [5, 5.41) is 15.3. The number of carbonyl (C=O) groups excluding carboxylic acids is 1. The largest absolute Gasteiger partial charge is 0.388 e. The zero-order valence-electron chi connectivity index (χ0n) is 15.6. The van der Waals surface area contributed by atoms with E-state index in [1.54, 1.807) is 19.0 Å². The van der Waals surface area contributed by atoms with Gasteiger partial charge in [-0.1, -0.05) is 30.3 Å². The van der Waals surface area contributed by atoms with Gasteiger partial charge in [0, 0.05) is 38.9 Å². The van der Waals surface area contributed by atoms with Crippen LogP contribution in [0.1, 0.15) is 30.4 Å². The summed E-state index contributed by atoms with van der Waals surface area (Å²) in [5.74, 6) is -0.0231. The van der Waals surface area contributed by atoms with Crippen LogP contribution in [0.3, 0.4) is 0 Å². The first-order valence-electron chi connectivity index (χ1n) is 9.14. The van der Waals surface area contributed by atoms with Gasteiger partial charge in [0.25, 0.3) is 0 Å². The Labute approximate surface area is 155 Å². The summed E-state index contributed by atoms with van der Waals surface area (Å²) in [6, 6.07) is 10.3. The molecule has 1 aliphatic heterocycles. The number of aliphatic hydroxyl groups is 1. The molecule has 2 heterocycles. The minimum atomic E-state index is -0.931. The van der Waals surface area contributed by atoms with Crippen LogP contribution < -0.4 is 0 Å². The predicted molar refractivity (Wildman–Crippen MR) is 101 cm³/mol. The van der Waals surface area contributed by atoms with Gasteiger partial charge in [0.2, 0.25) is 5.91 Å². The number of aromatic nitrogens is 2. The van der Waals surface area contributed by atoms with Crippen molar-refractivity contribution < 1.29 is 9.90 Å². The summed E-state index contributed by atoms with van der Waals surface area (Å²) in [5.41, 5.74) is 1.42. The molecule has 1 aromatic heterocycles. The lowest BCUT2D eigenvalue weighted by molar-refractivity contribution is -0.136. The highest BCUT2D eigenvalue weighted by atomic mass is 16.3. The van der Waals surface area contributed by atoms with Crippen molar-refractivity contribution in [1.82, 2.24) is 19.6 Å². The lowest BCUT2D eigenvalue weighted by Crippen LogP contribution is -2.50. The molecule has 26 heavy (non-hydrogen) atoms. The fourth-order valence-electron chi connectivity index (χ4n) is 3.53. The third-order valence-corrected chi connectivity index (χ3v) is 4.89. The number of benzene rings is 1. The summed E-state index contributed by atoms with van der Waals surface area (Å²) in [6.45, 7) is 2.95. The molecule has 1 saturated heterocycles. The summed E-state index contributed by atoms with van der Waals surface area (Å²) >= 11 is 0. The highest BCUT2D eigenvalue weighted by Gasteiger charge is 2.35. The molecular weight excluding hydrogens is 328 g/mol. The Bertz CT molecular complexity index is 728. The molecule has 1 unspecified atom stereocenters. The predicted octanol–water partition coefficient (Wildman–Crippen LogP) is 1.74. The van der Waals surface area contributed by atoms with Crippen molar-refractivity contribution in [2.24, 2.45) is 0 Å². The summed E-state index contributed by atoms with van der Waals surface area (Å²) in [4.78, 5) is 15.8. The minimum Gasteiger partial charge on any atom is -0.388 e. The number of likely N-dealkylation sites (tertiary alicyclic amines) is 1. The second-order valence-electron chi connectivity index (χ2n) is 7.54. The van der Waals surface area contributed by atoms with Gasteiger partial charge in [-0.3, -0.25) is 14.4 Å². The van der Waals surface area contributed by atoms with E-state index in [1.807, 2.05) is 29.1 Å². The van der Waals surface area contributed by atoms with E-state index in [2.05, 4.69) is 28.3 Å². The molecule has 0 bridgehead atoms. The van der Waals surface area contributed by atoms with E-state index in [1.165, 1.54) is 5.56 Å². The number of hydrogen-bond acceptors (Lipinski definition) is 4. The van der Waals surface area contributed by atoms with Crippen molar-refractivity contribution in [2.75, 3.05) is 27.2 Å². The molecule has 1 aromatic carbocycles. The summed E-state index contributed by atoms with van der Waals surface area (Å²) in [6.07, 6.45) is 5.71. The summed E-state index contributed by atoms with van der Waals surface area (Å²) in [7, 11) is 3.46. The number of nitrogens with zero attached hydrogens (tertiary/aromatic N) is 4. The Kier molecular flexibility index (Phi) is 5.74. The Morgan fingerprint density at radius 2 is 2.00 bits per heavy atom. The Hall–Kier alpha value is -2.18. The second-order valence-corrected chi connectivity index (χ2v) is 7.54. The molecule has 0 radical (unpaired) electrons. The van der Waals surface area contributed by atoms with E-state index < -0.39 is 5.60 Å². The van der Waals surface area contributed by atoms with Gasteiger partial charge in [-0.05, 0) is 24.9 Å². The molecule has 3 rings (SSSR count). The molecule has 140 valence electrons. The smallest absolute Gasteiger partial charge is 0.224 e. The highest BCUT2D eigenvalue weighted by Crippen LogP contribution is 2.26. The number of hydrogen-bond donors (Lipinski definition) is 1. The maximum absolute atomic E-state index is 12.0. The maximum atomic E-state index is 12.0. The third kappa shape index (κ3) is 4.93. The Morgan fingerprint density at radius 3 is 2.73 bits per heavy atom. The van der Waals surface area contributed by atoms with Crippen molar-refractivity contribution in [2.45, 2.75) is 38.0 Å². The fourth-order valence-corrected chi connectivity index (χ4v) is 3.53. The number of rotatable bonds is 6. The molecule has 1 N–H and O–H groups in total. The first kappa shape index (κ1) is 18.6. The van der Waals surface area contributed by atoms with Crippen LogP contribution in [0.25, 0.3) is 0 Å². The lowest BCUT2D eigenvalue weighted by Gasteiger charge is -2.39. The fraction of sp³-hybridized carbons (Fsp3) is 0.500. The van der Waals surface area contributed by atoms with Crippen molar-refractivity contribution in [3.63, 3.8) is 0 Å². The number of amides is 1. The number of carbonyl (C=O) groups is 1. The van der Waals surface area contributed by atoms with Crippen LogP contribution in [0.4, 0.5) is 0 Å². The van der Waals surface area contributed by atoms with Crippen LogP contribution in [0.5, 0.6) is 0 Å². The van der Waals surface area contributed by atoms with Gasteiger partial charge >= 0.3 is 0 Å². The van der Waals surface area contributed by atoms with Crippen molar-refractivity contribution in [1.29, 1.82) is 0 Å². The first-order valence-corrected chi connectivity index (χ1v) is 9.14. The standard InChI is InChI=1S/C20H28N4O2/c1-22(2)19(25)11-20(26)9-6-10-23(16-20)13-18-12-21-24(15-18)14-17-7-4-3-5-8-17/h3-5,7-8,12,15,26H,6,9-11,13-14,16H2,1-2H3. The molecule has 2 aromatic rings. The SMILES string of the molecule is CN(C)C(=O)CC1(O)CCCN(Cc2cnn(Cc3ccccc3)c2)C1. The molecule has 1 aliphatic rings. The number of piperidine rings is 1. The normalized spacial score (nSPS) is 20.9. The Morgan fingerprint density at radius 1 is 1.23 bits per heavy atom. The molecule has 6 heteroatoms. The van der Waals surface area contributed by atoms with Crippen LogP contribution in [0.2, 0.25) is 0 Å². The van der Waals surface area contributed by atoms with E-state index in [9.17, 15) is 9.90 Å². The molecule has 6 nitrogen and oxygen atoms in total. The van der Waals surface area contributed by atoms with Gasteiger partial charge in [-0.15, -0.1) is 0 Å². The van der Waals surface area contributed by atoms with Crippen molar-refractivity contribution in [3.05, 3.63) is 53.9 Å². The van der Waals surface area contributed by atoms with E-state index in [-0.39, 0.29) is 12.3 Å². The Balaban J connectivity index is 1.58. The second kappa shape index (κ2) is 8.01. The molecule has 0 saturated carbocycles. The number of β-amino-alcohol motifs (C(OH)–C–C–N with tert-alkyl or cyclic N) is 1. The van der Waals surface area contributed by atoms with Crippen LogP contribution >= 0.6 is 0 Å². The topological polar surface area (TPSA) is 61.6 Å². The van der Waals surface area contributed by atoms with Crippen molar-refractivity contribution in [3.8, 4) is 0 Å². The van der Waals surface area contributed by atoms with Crippen LogP contribution in [-0.2, 0) is 17.9 Å². The van der Waals surface area contributed by atoms with E-state index in [0.717, 1.165) is 31.6 Å². The molecule has 1 fully saturated rings. The monoisotopic (exact) mass is 356 g/mol. The highest BCUT2D eigenvalue weighted by molar-refractivity contribution is 5.76. The summed E-state index contributed by atoms with van der Waals surface area (Å²) < 4.78 is 1.94. The van der Waals surface area contributed by atoms with Gasteiger partial charge in [0.15, 0.2) is 0 Å². The zero-order chi connectivity index (χ0) is 18.6. The van der Waals surface area contributed by atoms with Gasteiger partial charge in [0.05, 0.1) is 24.8 Å². The van der Waals surface area contributed by atoms with Crippen LogP contribution in [0.15, 0.2) is 42.7 Å². The lowest BCUT2D eigenvalue weighted by atomic mass is 9.89. The molecule has 1 amide bonds. The average Bonchev–Trinajstić information content (AvgIpc) is 3.02. The van der Waals surface area contributed by atoms with Crippen LogP contribution in [0, 0.1) is 0 Å². The molecule has 1 atom stereocenters. The van der Waals surface area contributed by atoms with Crippen LogP contribution in [-0.4, -0.2) is 63.4 Å². The van der Waals surface area contributed by atoms with Crippen molar-refractivity contribution >= 4 is 5.91 Å². The third-order valence-electron chi connectivity index (χ3n) is 4.89. The minimum absolute atomic E-state index is 0.0231. The van der Waals surface area contributed by atoms with Gasteiger partial charge in [0.1, 0.15) is 0 Å². The molecule has 0 aliphatic carbocycles. The maximum Gasteiger partial charge on any atom is 0.224 e. The molecule has 0 spiro atoms. The van der Waals surface area contributed by atoms with Gasteiger partial charge in [-0.2, -0.15) is 5.10 Å². The van der Waals surface area contributed by atoms with E-state index >= 15 is 0 Å². The molecular formula is C20H28N4O2. The van der Waals surface area contributed by atoms with Gasteiger partial charge in [-0.25, -0.2) is 0 Å². The quantitative estimate of drug-likeness (QED) is 0.856. The zero-order valence-corrected chi connectivity index (χ0v) is 15.6. The van der Waals surface area contributed by atoms with E-state index in [0.29, 0.717) is 13.0 Å². The first-order chi connectivity index (χ1) is 12.4.